The summed E-state index contributed by atoms with van der Waals surface area (Å²) in [4.78, 5) is 101. The number of carbonyl (C=O) groups excluding carboxylic acids is 5. The number of carboxylic acids is 3. The van der Waals surface area contributed by atoms with E-state index in [4.69, 9.17) is 10.8 Å². The molecule has 1 fully saturated rings. The molecule has 2 rings (SSSR count). The van der Waals surface area contributed by atoms with Gasteiger partial charge in [0.05, 0.1) is 18.9 Å². The van der Waals surface area contributed by atoms with Gasteiger partial charge in [0.15, 0.2) is 0 Å². The topological polar surface area (TPSA) is 295 Å². The van der Waals surface area contributed by atoms with Crippen LogP contribution in [0.4, 0.5) is 0 Å². The van der Waals surface area contributed by atoms with Crippen LogP contribution in [0.5, 0.6) is 5.75 Å². The van der Waals surface area contributed by atoms with E-state index in [-0.39, 0.29) is 25.1 Å². The second-order valence-electron chi connectivity index (χ2n) is 11.8. The van der Waals surface area contributed by atoms with E-state index in [1.54, 1.807) is 13.8 Å². The fraction of sp³-hybridized carbons (Fsp3) is 0.533. The lowest BCUT2D eigenvalue weighted by Gasteiger charge is -2.31. The molecule has 264 valence electrons. The molecule has 0 radical (unpaired) electrons. The number of benzene rings is 1. The summed E-state index contributed by atoms with van der Waals surface area (Å²) >= 11 is 0. The number of hydrogen-bond acceptors (Lipinski definition) is 10. The maximum Gasteiger partial charge on any atom is 0.325 e. The van der Waals surface area contributed by atoms with Crippen LogP contribution >= 0.6 is 0 Å². The minimum atomic E-state index is -1.73. The van der Waals surface area contributed by atoms with Crippen molar-refractivity contribution in [3.8, 4) is 5.75 Å². The predicted molar refractivity (Wildman–Crippen MR) is 165 cm³/mol. The molecule has 0 aromatic heterocycles. The van der Waals surface area contributed by atoms with Gasteiger partial charge >= 0.3 is 17.9 Å². The lowest BCUT2D eigenvalue weighted by molar-refractivity contribution is -0.145. The van der Waals surface area contributed by atoms with Crippen LogP contribution in [0.2, 0.25) is 0 Å². The second-order valence-corrected chi connectivity index (χ2v) is 11.8. The van der Waals surface area contributed by atoms with E-state index in [1.165, 1.54) is 36.1 Å². The van der Waals surface area contributed by atoms with Gasteiger partial charge in [-0.1, -0.05) is 26.0 Å². The van der Waals surface area contributed by atoms with Gasteiger partial charge in [0.25, 0.3) is 0 Å². The van der Waals surface area contributed by atoms with Crippen molar-refractivity contribution in [2.75, 3.05) is 6.54 Å². The van der Waals surface area contributed by atoms with Crippen molar-refractivity contribution in [2.45, 2.75) is 89.1 Å². The molecule has 6 unspecified atom stereocenters. The van der Waals surface area contributed by atoms with Gasteiger partial charge in [0.2, 0.25) is 29.5 Å². The van der Waals surface area contributed by atoms with Crippen LogP contribution in [0.15, 0.2) is 24.3 Å². The number of amides is 5. The molecule has 1 aliphatic heterocycles. The third-order valence-electron chi connectivity index (χ3n) is 7.55. The summed E-state index contributed by atoms with van der Waals surface area (Å²) in [6, 6.07) is -2.72. The quantitative estimate of drug-likeness (QED) is 0.0854. The van der Waals surface area contributed by atoms with E-state index in [2.05, 4.69) is 21.3 Å². The maximum absolute atomic E-state index is 13.5. The summed E-state index contributed by atoms with van der Waals surface area (Å²) in [6.07, 6.45) is -1.30. The first-order valence-electron chi connectivity index (χ1n) is 15.1. The Labute approximate surface area is 275 Å². The Morgan fingerprint density at radius 1 is 0.812 bits per heavy atom. The third-order valence-corrected chi connectivity index (χ3v) is 7.55. The lowest BCUT2D eigenvalue weighted by Crippen LogP contribution is -2.60. The SMILES string of the molecule is CC(NC(=O)C(Cc1ccc(O)cc1)NC(=O)C(CC(=O)O)NC(=O)C1CCCN1C(=O)C(NC(=O)C(N)CC(=O)O)C(C)C)C(=O)O. The molecule has 10 N–H and O–H groups in total. The Hall–Kier alpha value is -5.26. The molecular formula is C30H42N6O12. The zero-order chi connectivity index (χ0) is 36.3. The Kier molecular flexibility index (Phi) is 14.3. The normalized spacial score (nSPS) is 17.3. The second kappa shape index (κ2) is 17.6. The molecule has 0 spiro atoms. The largest absolute Gasteiger partial charge is 0.508 e. The fourth-order valence-electron chi connectivity index (χ4n) is 4.91. The smallest absolute Gasteiger partial charge is 0.325 e. The zero-order valence-electron chi connectivity index (χ0n) is 26.7. The molecule has 1 aromatic carbocycles. The number of carboxylic acid groups (broad SMARTS) is 3. The molecule has 1 aliphatic rings. The fourth-order valence-corrected chi connectivity index (χ4v) is 4.91. The van der Waals surface area contributed by atoms with Crippen molar-refractivity contribution in [1.29, 1.82) is 0 Å². The standard InChI is InChI=1S/C30H42N6O12/c1-14(2)24(35-25(42)18(31)12-22(38)39)29(46)36-10-4-5-21(36)28(45)34-20(13-23(40)41)27(44)33-19(26(43)32-15(3)30(47)48)11-16-6-8-17(37)9-7-16/h6-9,14-15,18-21,24,37H,4-5,10-13,31H2,1-3H3,(H,32,43)(H,33,44)(H,34,45)(H,35,42)(H,38,39)(H,40,41)(H,47,48). The summed E-state index contributed by atoms with van der Waals surface area (Å²) < 4.78 is 0. The maximum atomic E-state index is 13.5. The summed E-state index contributed by atoms with van der Waals surface area (Å²) in [6.45, 7) is 4.52. The predicted octanol–water partition coefficient (Wildman–Crippen LogP) is -2.10. The highest BCUT2D eigenvalue weighted by Gasteiger charge is 2.40. The number of nitrogens with one attached hydrogen (secondary N) is 4. The Bertz CT molecular complexity index is 1380. The molecule has 48 heavy (non-hydrogen) atoms. The first-order chi connectivity index (χ1) is 22.4. The van der Waals surface area contributed by atoms with Gasteiger partial charge in [-0.05, 0) is 43.4 Å². The number of aliphatic carboxylic acids is 3. The third kappa shape index (κ3) is 11.5. The summed E-state index contributed by atoms with van der Waals surface area (Å²) in [7, 11) is 0. The number of rotatable bonds is 17. The van der Waals surface area contributed by atoms with Gasteiger partial charge in [-0.15, -0.1) is 0 Å². The van der Waals surface area contributed by atoms with Crippen molar-refractivity contribution >= 4 is 47.4 Å². The highest BCUT2D eigenvalue weighted by atomic mass is 16.4. The highest BCUT2D eigenvalue weighted by molar-refractivity contribution is 5.98. The Morgan fingerprint density at radius 3 is 1.94 bits per heavy atom. The molecule has 0 saturated carbocycles. The molecule has 6 atom stereocenters. The first-order valence-corrected chi connectivity index (χ1v) is 15.1. The number of hydrogen-bond donors (Lipinski definition) is 9. The molecule has 0 aliphatic carbocycles. The van der Waals surface area contributed by atoms with Crippen LogP contribution < -0.4 is 27.0 Å². The minimum absolute atomic E-state index is 0.0733. The average Bonchev–Trinajstić information content (AvgIpc) is 3.49. The van der Waals surface area contributed by atoms with Crippen LogP contribution in [0.1, 0.15) is 52.0 Å². The molecular weight excluding hydrogens is 636 g/mol. The minimum Gasteiger partial charge on any atom is -0.508 e. The number of likely N-dealkylation sites (tertiary alicyclic amines) is 1. The van der Waals surface area contributed by atoms with Gasteiger partial charge in [-0.2, -0.15) is 0 Å². The number of carbonyl (C=O) groups is 8. The van der Waals surface area contributed by atoms with Crippen LogP contribution in [0.25, 0.3) is 0 Å². The van der Waals surface area contributed by atoms with Crippen molar-refractivity contribution in [3.05, 3.63) is 29.8 Å². The van der Waals surface area contributed by atoms with Crippen LogP contribution in [-0.2, 0) is 44.8 Å². The number of nitrogens with two attached hydrogens (primary N) is 1. The van der Waals surface area contributed by atoms with Crippen molar-refractivity contribution < 1.29 is 58.8 Å². The molecule has 1 heterocycles. The summed E-state index contributed by atoms with van der Waals surface area (Å²) in [5.74, 6) is -9.15. The average molecular weight is 679 g/mol. The molecule has 18 heteroatoms. The molecule has 0 bridgehead atoms. The summed E-state index contributed by atoms with van der Waals surface area (Å²) in [5.41, 5.74) is 6.08. The Balaban J connectivity index is 2.26. The number of phenols is 1. The number of phenolic OH excluding ortho intramolecular Hbond substituents is 1. The van der Waals surface area contributed by atoms with Crippen LogP contribution in [0.3, 0.4) is 0 Å². The molecule has 1 aromatic rings. The van der Waals surface area contributed by atoms with E-state index in [0.717, 1.165) is 0 Å². The van der Waals surface area contributed by atoms with E-state index in [1.807, 2.05) is 0 Å². The van der Waals surface area contributed by atoms with Crippen molar-refractivity contribution in [2.24, 2.45) is 11.7 Å². The van der Waals surface area contributed by atoms with E-state index in [0.29, 0.717) is 12.0 Å². The van der Waals surface area contributed by atoms with Gasteiger partial charge in [-0.3, -0.25) is 38.4 Å². The first kappa shape index (κ1) is 38.9. The van der Waals surface area contributed by atoms with Crippen molar-refractivity contribution in [3.63, 3.8) is 0 Å². The van der Waals surface area contributed by atoms with E-state index < -0.39 is 102 Å². The van der Waals surface area contributed by atoms with Crippen LogP contribution in [0, 0.1) is 5.92 Å². The number of nitrogens with zero attached hydrogens (tertiary/aromatic N) is 1. The van der Waals surface area contributed by atoms with Gasteiger partial charge < -0.3 is 52.3 Å². The van der Waals surface area contributed by atoms with E-state index >= 15 is 0 Å². The van der Waals surface area contributed by atoms with Gasteiger partial charge in [0, 0.05) is 13.0 Å². The monoisotopic (exact) mass is 678 g/mol. The zero-order valence-corrected chi connectivity index (χ0v) is 26.7. The molecule has 1 saturated heterocycles. The lowest BCUT2D eigenvalue weighted by atomic mass is 10.0. The number of aromatic hydroxyl groups is 1. The van der Waals surface area contributed by atoms with Gasteiger partial charge in [0.1, 0.15) is 36.0 Å². The van der Waals surface area contributed by atoms with Crippen molar-refractivity contribution in [1.82, 2.24) is 26.2 Å². The van der Waals surface area contributed by atoms with E-state index in [9.17, 15) is 53.7 Å². The Morgan fingerprint density at radius 2 is 1.40 bits per heavy atom. The molecule has 5 amide bonds. The highest BCUT2D eigenvalue weighted by Crippen LogP contribution is 2.21. The summed E-state index contributed by atoms with van der Waals surface area (Å²) in [5, 5.41) is 46.6. The van der Waals surface area contributed by atoms with Crippen LogP contribution in [-0.4, -0.2) is 116 Å². The van der Waals surface area contributed by atoms with Gasteiger partial charge in [-0.25, -0.2) is 0 Å². The molecule has 18 nitrogen and oxygen atoms in total.